The molecule has 0 aliphatic carbocycles. The van der Waals surface area contributed by atoms with Gasteiger partial charge in [0.05, 0.1) is 22.9 Å². The molecule has 0 atom stereocenters. The lowest BCUT2D eigenvalue weighted by Crippen LogP contribution is -2.09. The Bertz CT molecular complexity index is 1300. The lowest BCUT2D eigenvalue weighted by molar-refractivity contribution is 0.319. The van der Waals surface area contributed by atoms with Crippen molar-refractivity contribution in [1.29, 1.82) is 0 Å². The van der Waals surface area contributed by atoms with E-state index in [1.165, 1.54) is 30.3 Å². The van der Waals surface area contributed by atoms with Gasteiger partial charge in [-0.05, 0) is 35.7 Å². The van der Waals surface area contributed by atoms with Crippen molar-refractivity contribution in [3.63, 3.8) is 0 Å². The van der Waals surface area contributed by atoms with Crippen molar-refractivity contribution in [2.45, 2.75) is 9.79 Å². The summed E-state index contributed by atoms with van der Waals surface area (Å²) in [6.45, 7) is -0.510. The van der Waals surface area contributed by atoms with Crippen molar-refractivity contribution in [2.75, 3.05) is 12.4 Å². The first-order chi connectivity index (χ1) is 13.6. The predicted octanol–water partition coefficient (Wildman–Crippen LogP) is 2.97. The van der Waals surface area contributed by atoms with E-state index in [9.17, 15) is 26.5 Å². The van der Waals surface area contributed by atoms with E-state index in [-0.39, 0.29) is 10.6 Å². The SMILES string of the molecule is O=S(=O)(O)c1cc2ccccc2c(O)c1N=Nc1ccc(S(=O)(=O)CCO)cc1. The third-order valence-corrected chi connectivity index (χ3v) is 6.64. The largest absolute Gasteiger partial charge is 0.505 e. The van der Waals surface area contributed by atoms with Crippen molar-refractivity contribution in [3.8, 4) is 5.75 Å². The minimum atomic E-state index is -4.70. The molecule has 0 bridgehead atoms. The third kappa shape index (κ3) is 4.43. The second-order valence-electron chi connectivity index (χ2n) is 6.00. The van der Waals surface area contributed by atoms with Gasteiger partial charge in [0, 0.05) is 5.39 Å². The highest BCUT2D eigenvalue weighted by atomic mass is 32.2. The second-order valence-corrected chi connectivity index (χ2v) is 9.50. The number of phenolic OH excluding ortho intramolecular Hbond substituents is 1. The van der Waals surface area contributed by atoms with Crippen molar-refractivity contribution < 1.29 is 31.6 Å². The maximum atomic E-state index is 11.9. The molecule has 3 N–H and O–H groups in total. The van der Waals surface area contributed by atoms with Crippen LogP contribution in [0.1, 0.15) is 0 Å². The zero-order chi connectivity index (χ0) is 21.2. The van der Waals surface area contributed by atoms with Crippen LogP contribution in [0.15, 0.2) is 74.6 Å². The van der Waals surface area contributed by atoms with Gasteiger partial charge in [-0.15, -0.1) is 5.11 Å². The molecule has 0 amide bonds. The van der Waals surface area contributed by atoms with E-state index in [1.807, 2.05) is 0 Å². The van der Waals surface area contributed by atoms with Gasteiger partial charge >= 0.3 is 0 Å². The minimum Gasteiger partial charge on any atom is -0.505 e. The molecule has 0 spiro atoms. The van der Waals surface area contributed by atoms with Crippen LogP contribution in [0, 0.1) is 0 Å². The molecule has 0 saturated heterocycles. The summed E-state index contributed by atoms with van der Waals surface area (Å²) in [5.41, 5.74) is -0.259. The highest BCUT2D eigenvalue weighted by molar-refractivity contribution is 7.91. The summed E-state index contributed by atoms with van der Waals surface area (Å²) in [5, 5.41) is 27.6. The summed E-state index contributed by atoms with van der Waals surface area (Å²) in [4.78, 5) is -0.628. The number of rotatable bonds is 6. The first-order valence-corrected chi connectivity index (χ1v) is 11.3. The number of aliphatic hydroxyl groups is 1. The molecule has 3 aromatic rings. The Morgan fingerprint density at radius 3 is 2.17 bits per heavy atom. The van der Waals surface area contributed by atoms with Crippen LogP contribution in [0.4, 0.5) is 11.4 Å². The summed E-state index contributed by atoms with van der Waals surface area (Å²) in [7, 11) is -8.33. The van der Waals surface area contributed by atoms with Crippen molar-refractivity contribution >= 4 is 42.1 Å². The molecule has 152 valence electrons. The standard InChI is InChI=1S/C18H16N2O7S2/c21-9-10-28(23,24)14-7-5-13(6-8-14)19-20-17-16(29(25,26)27)11-12-3-1-2-4-15(12)18(17)22/h1-8,11,21-22H,9-10H2,(H,25,26,27). The number of fused-ring (bicyclic) bond motifs is 1. The lowest BCUT2D eigenvalue weighted by Gasteiger charge is -2.08. The van der Waals surface area contributed by atoms with E-state index in [0.29, 0.717) is 10.8 Å². The monoisotopic (exact) mass is 436 g/mol. The molecule has 0 saturated carbocycles. The molecule has 0 aliphatic heterocycles. The van der Waals surface area contributed by atoms with Crippen molar-refractivity contribution in [2.24, 2.45) is 10.2 Å². The Morgan fingerprint density at radius 1 is 0.897 bits per heavy atom. The Labute approximate surface area is 166 Å². The van der Waals surface area contributed by atoms with Crippen LogP contribution < -0.4 is 0 Å². The number of benzene rings is 3. The molecule has 11 heteroatoms. The summed E-state index contributed by atoms with van der Waals surface area (Å²) in [6, 6.07) is 12.8. The quantitative estimate of drug-likeness (QED) is 0.396. The Morgan fingerprint density at radius 2 is 1.55 bits per heavy atom. The molecule has 0 radical (unpaired) electrons. The Kier molecular flexibility index (Phi) is 5.66. The average molecular weight is 436 g/mol. The molecule has 0 unspecified atom stereocenters. The van der Waals surface area contributed by atoms with Gasteiger partial charge < -0.3 is 10.2 Å². The van der Waals surface area contributed by atoms with Gasteiger partial charge in [0.25, 0.3) is 10.1 Å². The summed E-state index contributed by atoms with van der Waals surface area (Å²) in [5.74, 6) is -0.891. The maximum absolute atomic E-state index is 11.9. The zero-order valence-corrected chi connectivity index (χ0v) is 16.4. The number of sulfone groups is 1. The van der Waals surface area contributed by atoms with E-state index in [4.69, 9.17) is 5.11 Å². The van der Waals surface area contributed by atoms with Crippen molar-refractivity contribution in [1.82, 2.24) is 0 Å². The average Bonchev–Trinajstić information content (AvgIpc) is 2.67. The molecule has 9 nitrogen and oxygen atoms in total. The highest BCUT2D eigenvalue weighted by Gasteiger charge is 2.21. The molecule has 29 heavy (non-hydrogen) atoms. The number of aromatic hydroxyl groups is 1. The molecule has 0 heterocycles. The molecule has 0 aromatic heterocycles. The number of azo groups is 1. The van der Waals surface area contributed by atoms with Gasteiger partial charge in [0.2, 0.25) is 0 Å². The smallest absolute Gasteiger partial charge is 0.296 e. The molecule has 0 aliphatic rings. The van der Waals surface area contributed by atoms with Crippen LogP contribution in [0.25, 0.3) is 10.8 Å². The zero-order valence-electron chi connectivity index (χ0n) is 14.8. The van der Waals surface area contributed by atoms with E-state index in [0.717, 1.165) is 0 Å². The summed E-state index contributed by atoms with van der Waals surface area (Å²) >= 11 is 0. The van der Waals surface area contributed by atoms with Gasteiger partial charge in [-0.3, -0.25) is 4.55 Å². The Hall–Kier alpha value is -2.86. The second kappa shape index (κ2) is 7.87. The van der Waals surface area contributed by atoms with Gasteiger partial charge in [-0.1, -0.05) is 24.3 Å². The number of nitrogens with zero attached hydrogens (tertiary/aromatic N) is 2. The lowest BCUT2D eigenvalue weighted by atomic mass is 10.1. The van der Waals surface area contributed by atoms with Crippen LogP contribution in [0.5, 0.6) is 5.75 Å². The Balaban J connectivity index is 2.06. The van der Waals surface area contributed by atoms with E-state index < -0.39 is 48.6 Å². The number of aliphatic hydroxyl groups excluding tert-OH is 1. The van der Waals surface area contributed by atoms with Crippen LogP contribution >= 0.6 is 0 Å². The number of hydrogen-bond acceptors (Lipinski definition) is 8. The predicted molar refractivity (Wildman–Crippen MR) is 105 cm³/mol. The first-order valence-electron chi connectivity index (χ1n) is 8.21. The van der Waals surface area contributed by atoms with E-state index in [1.54, 1.807) is 24.3 Å². The molecule has 3 aromatic carbocycles. The fourth-order valence-electron chi connectivity index (χ4n) is 2.65. The fourth-order valence-corrected chi connectivity index (χ4v) is 4.34. The molecular weight excluding hydrogens is 420 g/mol. The van der Waals surface area contributed by atoms with E-state index in [2.05, 4.69) is 10.2 Å². The number of phenols is 1. The van der Waals surface area contributed by atoms with Crippen LogP contribution in [0.3, 0.4) is 0 Å². The van der Waals surface area contributed by atoms with Gasteiger partial charge in [0.15, 0.2) is 15.6 Å². The van der Waals surface area contributed by atoms with Gasteiger partial charge in [0.1, 0.15) is 10.6 Å². The summed E-state index contributed by atoms with van der Waals surface area (Å²) in [6.07, 6.45) is 0. The van der Waals surface area contributed by atoms with Crippen molar-refractivity contribution in [3.05, 3.63) is 54.6 Å². The number of hydrogen-bond donors (Lipinski definition) is 3. The minimum absolute atomic E-state index is 0.0160. The maximum Gasteiger partial charge on any atom is 0.296 e. The first kappa shape index (κ1) is 20.9. The summed E-state index contributed by atoms with van der Waals surface area (Å²) < 4.78 is 56.8. The van der Waals surface area contributed by atoms with Gasteiger partial charge in [-0.25, -0.2) is 8.42 Å². The van der Waals surface area contributed by atoms with Crippen LogP contribution in [-0.2, 0) is 20.0 Å². The molecule has 0 fully saturated rings. The highest BCUT2D eigenvalue weighted by Crippen LogP contribution is 2.41. The fraction of sp³-hybridized carbons (Fsp3) is 0.111. The van der Waals surface area contributed by atoms with Gasteiger partial charge in [-0.2, -0.15) is 13.5 Å². The van der Waals surface area contributed by atoms with Crippen LogP contribution in [0.2, 0.25) is 0 Å². The normalized spacial score (nSPS) is 12.6. The molecular formula is C18H16N2O7S2. The van der Waals surface area contributed by atoms with Crippen LogP contribution in [-0.4, -0.2) is 44.0 Å². The third-order valence-electron chi connectivity index (χ3n) is 4.06. The van der Waals surface area contributed by atoms with E-state index >= 15 is 0 Å². The molecule has 3 rings (SSSR count). The topological polar surface area (TPSA) is 154 Å².